The first kappa shape index (κ1) is 29.4. The number of aryl methyl sites for hydroxylation is 1. The van der Waals surface area contributed by atoms with Crippen molar-refractivity contribution in [3.63, 3.8) is 0 Å². The highest BCUT2D eigenvalue weighted by Crippen LogP contribution is 2.32. The molecule has 0 aromatic carbocycles. The Morgan fingerprint density at radius 3 is 2.26 bits per heavy atom. The van der Waals surface area contributed by atoms with Crippen molar-refractivity contribution in [1.82, 2.24) is 34.2 Å². The molecule has 1 aliphatic carbocycles. The number of rotatable bonds is 4. The Hall–Kier alpha value is -5.13. The smallest absolute Gasteiger partial charge is 0.475 e. The van der Waals surface area contributed by atoms with Crippen LogP contribution in [0.15, 0.2) is 49.2 Å². The number of carbonyl (C=O) groups excluding carboxylic acids is 1. The second-order valence-corrected chi connectivity index (χ2v) is 10.3. The Balaban J connectivity index is 0.000000472. The fourth-order valence-electron chi connectivity index (χ4n) is 4.85. The molecule has 43 heavy (non-hydrogen) atoms. The average Bonchev–Trinajstić information content (AvgIpc) is 3.62. The highest BCUT2D eigenvalue weighted by Gasteiger charge is 2.38. The lowest BCUT2D eigenvalue weighted by Gasteiger charge is -2.37. The third kappa shape index (κ3) is 6.37. The number of pyridine rings is 2. The van der Waals surface area contributed by atoms with E-state index in [1.807, 2.05) is 60.8 Å². The lowest BCUT2D eigenvalue weighted by Crippen LogP contribution is -2.52. The van der Waals surface area contributed by atoms with E-state index < -0.39 is 12.1 Å². The van der Waals surface area contributed by atoms with Crippen LogP contribution in [0.2, 0.25) is 0 Å². The molecule has 0 spiro atoms. The molecule has 12 nitrogen and oxygen atoms in total. The Labute approximate surface area is 244 Å². The minimum atomic E-state index is -5.08. The van der Waals surface area contributed by atoms with Gasteiger partial charge in [0.1, 0.15) is 11.9 Å². The average molecular weight is 596 g/mol. The first-order valence-corrected chi connectivity index (χ1v) is 13.4. The number of fused-ring (bicyclic) bond motifs is 1. The second-order valence-electron chi connectivity index (χ2n) is 10.3. The molecule has 4 aromatic rings. The quantitative estimate of drug-likeness (QED) is 0.378. The van der Waals surface area contributed by atoms with Crippen molar-refractivity contribution in [3.05, 3.63) is 54.7 Å². The van der Waals surface area contributed by atoms with Crippen molar-refractivity contribution in [2.75, 3.05) is 38.1 Å². The van der Waals surface area contributed by atoms with Gasteiger partial charge in [-0.25, -0.2) is 19.1 Å². The van der Waals surface area contributed by atoms with E-state index in [2.05, 4.69) is 27.2 Å². The van der Waals surface area contributed by atoms with Gasteiger partial charge in [0.05, 0.1) is 23.5 Å². The summed E-state index contributed by atoms with van der Waals surface area (Å²) in [7, 11) is 3.79. The van der Waals surface area contributed by atoms with Crippen molar-refractivity contribution < 1.29 is 27.9 Å². The number of carboxylic acid groups (broad SMARTS) is 1. The molecule has 4 aromatic heterocycles. The molecule has 1 N–H and O–H groups in total. The summed E-state index contributed by atoms with van der Waals surface area (Å²) in [5.74, 6) is -1.87. The summed E-state index contributed by atoms with van der Waals surface area (Å²) >= 11 is 0. The van der Waals surface area contributed by atoms with Crippen LogP contribution in [0.5, 0.6) is 0 Å². The largest absolute Gasteiger partial charge is 0.490 e. The van der Waals surface area contributed by atoms with Crippen molar-refractivity contribution in [2.24, 2.45) is 7.05 Å². The normalized spacial score (nSPS) is 15.1. The number of urea groups is 1. The number of nitrogens with zero attached hydrogens (tertiary/aromatic N) is 9. The molecule has 15 heteroatoms. The van der Waals surface area contributed by atoms with E-state index in [1.165, 1.54) is 0 Å². The molecule has 0 unspecified atom stereocenters. The number of amides is 2. The summed E-state index contributed by atoms with van der Waals surface area (Å²) < 4.78 is 35.2. The summed E-state index contributed by atoms with van der Waals surface area (Å²) in [6, 6.07) is 8.92. The van der Waals surface area contributed by atoms with E-state index in [1.54, 1.807) is 15.4 Å². The van der Waals surface area contributed by atoms with E-state index in [-0.39, 0.29) is 6.03 Å². The number of carbonyl (C=O) groups is 2. The van der Waals surface area contributed by atoms with E-state index in [4.69, 9.17) is 14.9 Å². The van der Waals surface area contributed by atoms with E-state index in [9.17, 15) is 23.2 Å². The van der Waals surface area contributed by atoms with Crippen LogP contribution in [0.1, 0.15) is 18.4 Å². The molecule has 0 atom stereocenters. The van der Waals surface area contributed by atoms with Crippen LogP contribution >= 0.6 is 0 Å². The Morgan fingerprint density at radius 2 is 1.72 bits per heavy atom. The van der Waals surface area contributed by atoms with E-state index in [0.29, 0.717) is 24.7 Å². The van der Waals surface area contributed by atoms with Crippen molar-refractivity contribution in [1.29, 1.82) is 5.26 Å². The van der Waals surface area contributed by atoms with Crippen LogP contribution in [0.3, 0.4) is 0 Å². The number of anilines is 1. The zero-order valence-electron chi connectivity index (χ0n) is 23.4. The van der Waals surface area contributed by atoms with Gasteiger partial charge in [-0.05, 0) is 31.0 Å². The lowest BCUT2D eigenvalue weighted by molar-refractivity contribution is -0.192. The number of carboxylic acids is 1. The molecule has 224 valence electrons. The Morgan fingerprint density at radius 1 is 1.02 bits per heavy atom. The minimum Gasteiger partial charge on any atom is -0.475 e. The molecule has 1 saturated carbocycles. The number of aromatic nitrogens is 5. The summed E-state index contributed by atoms with van der Waals surface area (Å²) in [5, 5.41) is 25.5. The minimum absolute atomic E-state index is 0.132. The molecule has 1 aliphatic heterocycles. The number of alkyl halides is 3. The summed E-state index contributed by atoms with van der Waals surface area (Å²) in [6.07, 6.45) is 6.27. The molecular weight excluding hydrogens is 567 g/mol. The number of hydrogen-bond acceptors (Lipinski definition) is 7. The lowest BCUT2D eigenvalue weighted by atomic mass is 10.0. The zero-order valence-corrected chi connectivity index (χ0v) is 23.4. The van der Waals surface area contributed by atoms with Crippen LogP contribution in [0.4, 0.5) is 23.8 Å². The van der Waals surface area contributed by atoms with Gasteiger partial charge in [0, 0.05) is 87.2 Å². The summed E-state index contributed by atoms with van der Waals surface area (Å²) in [4.78, 5) is 32.4. The van der Waals surface area contributed by atoms with Crippen molar-refractivity contribution in [3.8, 4) is 28.3 Å². The molecule has 0 bridgehead atoms. The fraction of sp³-hybridized carbons (Fsp3) is 0.357. The number of piperazine rings is 1. The predicted octanol–water partition coefficient (Wildman–Crippen LogP) is 3.64. The third-order valence-electron chi connectivity index (χ3n) is 7.34. The first-order chi connectivity index (χ1) is 20.5. The van der Waals surface area contributed by atoms with Crippen LogP contribution in [-0.2, 0) is 11.8 Å². The number of aliphatic carboxylic acids is 1. The number of nitriles is 1. The molecule has 2 fully saturated rings. The van der Waals surface area contributed by atoms with Crippen LogP contribution in [0.25, 0.3) is 27.8 Å². The van der Waals surface area contributed by atoms with Gasteiger partial charge in [-0.3, -0.25) is 4.68 Å². The fourth-order valence-corrected chi connectivity index (χ4v) is 4.85. The molecule has 2 amide bonds. The van der Waals surface area contributed by atoms with Gasteiger partial charge in [0.2, 0.25) is 0 Å². The van der Waals surface area contributed by atoms with Crippen molar-refractivity contribution in [2.45, 2.75) is 25.1 Å². The maximum absolute atomic E-state index is 12.7. The maximum Gasteiger partial charge on any atom is 0.490 e. The van der Waals surface area contributed by atoms with Crippen LogP contribution < -0.4 is 4.90 Å². The Kier molecular flexibility index (Phi) is 7.94. The SMILES string of the molecule is CN(C(=O)N1CCN(c2ccc(-c3cc(-c4cnn(C)c4)cn4ncc(C#N)c34)cn2)CC1)C1CC1.O=C(O)C(F)(F)F. The third-order valence-corrected chi connectivity index (χ3v) is 7.34. The number of halogens is 3. The van der Waals surface area contributed by atoms with E-state index >= 15 is 0 Å². The topological polar surface area (TPSA) is 136 Å². The van der Waals surface area contributed by atoms with Gasteiger partial charge in [0.25, 0.3) is 0 Å². The van der Waals surface area contributed by atoms with Gasteiger partial charge in [0.15, 0.2) is 0 Å². The first-order valence-electron chi connectivity index (χ1n) is 13.4. The van der Waals surface area contributed by atoms with Crippen molar-refractivity contribution >= 4 is 23.3 Å². The van der Waals surface area contributed by atoms with E-state index in [0.717, 1.165) is 59.5 Å². The predicted molar refractivity (Wildman–Crippen MR) is 149 cm³/mol. The highest BCUT2D eigenvalue weighted by atomic mass is 19.4. The highest BCUT2D eigenvalue weighted by molar-refractivity contribution is 5.87. The zero-order chi connectivity index (χ0) is 30.9. The Bertz CT molecular complexity index is 1680. The summed E-state index contributed by atoms with van der Waals surface area (Å²) in [6.45, 7) is 2.87. The van der Waals surface area contributed by atoms with Gasteiger partial charge in [-0.15, -0.1) is 0 Å². The van der Waals surface area contributed by atoms with Gasteiger partial charge in [-0.1, -0.05) is 0 Å². The molecule has 5 heterocycles. The van der Waals surface area contributed by atoms with Crippen LogP contribution in [0, 0.1) is 11.3 Å². The molecule has 6 rings (SSSR count). The monoisotopic (exact) mass is 595 g/mol. The van der Waals surface area contributed by atoms with Crippen LogP contribution in [-0.4, -0.2) is 96.7 Å². The molecular formula is C28H28F3N9O3. The van der Waals surface area contributed by atoms with Gasteiger partial charge < -0.3 is 19.8 Å². The van der Waals surface area contributed by atoms with Gasteiger partial charge >= 0.3 is 18.2 Å². The number of hydrogen-bond donors (Lipinski definition) is 1. The van der Waals surface area contributed by atoms with Gasteiger partial charge in [-0.2, -0.15) is 28.6 Å². The molecule has 2 aliphatic rings. The second kappa shape index (κ2) is 11.6. The maximum atomic E-state index is 12.7. The standard InChI is InChI=1S/C26H27N9O.C2HF3O2/c1-31-16-21(15-29-31)19-11-23(25-20(12-27)14-30-35(25)17-19)18-3-6-24(28-13-18)33-7-9-34(10-8-33)26(36)32(2)22-4-5-22;3-2(4,5)1(6)7/h3,6,11,13-17,22H,4-5,7-10H2,1-2H3;(H,6,7). The summed E-state index contributed by atoms with van der Waals surface area (Å²) in [5.41, 5.74) is 5.00. The molecule has 1 saturated heterocycles. The molecule has 0 radical (unpaired) electrons.